The predicted octanol–water partition coefficient (Wildman–Crippen LogP) is 2.14. The van der Waals surface area contributed by atoms with Gasteiger partial charge in [0.25, 0.3) is 11.8 Å². The molecule has 5 N–H and O–H groups in total. The lowest BCUT2D eigenvalue weighted by atomic mass is 9.86. The summed E-state index contributed by atoms with van der Waals surface area (Å²) in [5.41, 5.74) is 12.5. The van der Waals surface area contributed by atoms with Gasteiger partial charge >= 0.3 is 0 Å². The highest BCUT2D eigenvalue weighted by Gasteiger charge is 2.40. The number of aliphatic imine (C=N–C) groups is 1. The van der Waals surface area contributed by atoms with E-state index in [4.69, 9.17) is 28.1 Å². The smallest absolute Gasteiger partial charge is 0.279 e. The number of amides is 2. The van der Waals surface area contributed by atoms with Gasteiger partial charge in [0.05, 0.1) is 11.9 Å². The summed E-state index contributed by atoms with van der Waals surface area (Å²) in [6, 6.07) is 10.0. The molecule has 1 spiro atoms. The number of amidine groups is 1. The highest BCUT2D eigenvalue weighted by Crippen LogP contribution is 2.36. The van der Waals surface area contributed by atoms with Gasteiger partial charge in [0.2, 0.25) is 0 Å². The van der Waals surface area contributed by atoms with Gasteiger partial charge in [-0.1, -0.05) is 41.9 Å². The highest BCUT2D eigenvalue weighted by atomic mass is 35.5. The van der Waals surface area contributed by atoms with Crippen LogP contribution in [0, 0.1) is 0 Å². The van der Waals surface area contributed by atoms with E-state index in [0.717, 1.165) is 12.0 Å². The van der Waals surface area contributed by atoms with Gasteiger partial charge < -0.3 is 26.3 Å². The maximum atomic E-state index is 13.0. The first-order valence-corrected chi connectivity index (χ1v) is 12.0. The molecular weight excluding hydrogens is 482 g/mol. The molecular formula is C24H26ClN9O2. The van der Waals surface area contributed by atoms with Crippen molar-refractivity contribution in [2.45, 2.75) is 37.8 Å². The van der Waals surface area contributed by atoms with E-state index < -0.39 is 5.91 Å². The molecule has 0 aliphatic carbocycles. The van der Waals surface area contributed by atoms with Gasteiger partial charge in [-0.3, -0.25) is 14.6 Å². The molecule has 186 valence electrons. The van der Waals surface area contributed by atoms with Crippen molar-refractivity contribution >= 4 is 40.9 Å². The lowest BCUT2D eigenvalue weighted by Gasteiger charge is -2.37. The minimum Gasteiger partial charge on any atom is -0.382 e. The van der Waals surface area contributed by atoms with E-state index in [-0.39, 0.29) is 33.9 Å². The maximum Gasteiger partial charge on any atom is 0.279 e. The van der Waals surface area contributed by atoms with Crippen LogP contribution in [0.4, 0.5) is 11.6 Å². The number of halogens is 1. The van der Waals surface area contributed by atoms with Crippen molar-refractivity contribution in [2.24, 2.45) is 4.99 Å². The Labute approximate surface area is 212 Å². The Hall–Kier alpha value is -3.99. The van der Waals surface area contributed by atoms with Gasteiger partial charge in [0.15, 0.2) is 22.5 Å². The SMILES string of the molecule is Nc1nc(N)c(C(=O)NC2=NC3(CC2)CCN(C(=O)c2cn(Cc4ccccc4)cn2)CC3)nc1Cl. The molecule has 2 aliphatic rings. The molecule has 2 aromatic heterocycles. The molecule has 0 atom stereocenters. The minimum atomic E-state index is -0.531. The fourth-order valence-electron chi connectivity index (χ4n) is 4.64. The second-order valence-electron chi connectivity index (χ2n) is 9.08. The van der Waals surface area contributed by atoms with Gasteiger partial charge in [0, 0.05) is 32.3 Å². The number of benzene rings is 1. The first-order valence-electron chi connectivity index (χ1n) is 11.7. The van der Waals surface area contributed by atoms with Crippen LogP contribution in [-0.4, -0.2) is 60.7 Å². The fraction of sp³-hybridized carbons (Fsp3) is 0.333. The van der Waals surface area contributed by atoms with Crippen LogP contribution in [0.25, 0.3) is 0 Å². The number of nitrogens with zero attached hydrogens (tertiary/aromatic N) is 6. The Balaban J connectivity index is 1.18. The van der Waals surface area contributed by atoms with Crippen molar-refractivity contribution in [1.82, 2.24) is 29.7 Å². The first kappa shape index (κ1) is 23.7. The van der Waals surface area contributed by atoms with E-state index >= 15 is 0 Å². The zero-order valence-electron chi connectivity index (χ0n) is 19.5. The standard InChI is InChI=1S/C24H26ClN9O2/c25-19-21(27)31-20(26)18(30-19)22(35)29-17-6-7-24(32-17)8-10-34(11-9-24)23(36)16-13-33(14-28-16)12-15-4-2-1-3-5-15/h1-5,13-14H,6-12H2,(H4,26,27,31)(H,29,32,35). The third kappa shape index (κ3) is 4.87. The quantitative estimate of drug-likeness (QED) is 0.488. The zero-order chi connectivity index (χ0) is 25.3. The Kier molecular flexibility index (Phi) is 6.31. The summed E-state index contributed by atoms with van der Waals surface area (Å²) < 4.78 is 1.91. The molecule has 0 bridgehead atoms. The van der Waals surface area contributed by atoms with E-state index in [0.29, 0.717) is 50.4 Å². The Bertz CT molecular complexity index is 1330. The van der Waals surface area contributed by atoms with Crippen molar-refractivity contribution in [3.63, 3.8) is 0 Å². The summed E-state index contributed by atoms with van der Waals surface area (Å²) >= 11 is 5.88. The van der Waals surface area contributed by atoms with Crippen LogP contribution < -0.4 is 16.8 Å². The molecule has 5 rings (SSSR count). The van der Waals surface area contributed by atoms with E-state index in [1.807, 2.05) is 39.8 Å². The molecule has 3 aromatic rings. The highest BCUT2D eigenvalue weighted by molar-refractivity contribution is 6.31. The summed E-state index contributed by atoms with van der Waals surface area (Å²) in [4.78, 5) is 44.4. The number of nitrogen functional groups attached to an aromatic ring is 2. The number of carbonyl (C=O) groups excluding carboxylic acids is 2. The zero-order valence-corrected chi connectivity index (χ0v) is 20.3. The normalized spacial score (nSPS) is 16.7. The van der Waals surface area contributed by atoms with Crippen molar-refractivity contribution < 1.29 is 9.59 Å². The monoisotopic (exact) mass is 507 g/mol. The molecule has 0 unspecified atom stereocenters. The molecule has 1 fully saturated rings. The summed E-state index contributed by atoms with van der Waals surface area (Å²) in [6.45, 7) is 1.80. The van der Waals surface area contributed by atoms with Crippen LogP contribution >= 0.6 is 11.6 Å². The van der Waals surface area contributed by atoms with Crippen LogP contribution in [0.5, 0.6) is 0 Å². The topological polar surface area (TPSA) is 157 Å². The van der Waals surface area contributed by atoms with Crippen LogP contribution in [0.1, 0.15) is 52.2 Å². The molecule has 1 saturated heterocycles. The van der Waals surface area contributed by atoms with Gasteiger partial charge in [-0.05, 0) is 24.8 Å². The number of anilines is 2. The van der Waals surface area contributed by atoms with Gasteiger partial charge in [-0.2, -0.15) is 0 Å². The average molecular weight is 508 g/mol. The van der Waals surface area contributed by atoms with Crippen LogP contribution in [0.2, 0.25) is 5.15 Å². The van der Waals surface area contributed by atoms with Gasteiger partial charge in [-0.25, -0.2) is 15.0 Å². The number of aromatic nitrogens is 4. The summed E-state index contributed by atoms with van der Waals surface area (Å²) in [6.07, 6.45) is 6.29. The van der Waals surface area contributed by atoms with Crippen molar-refractivity contribution in [1.29, 1.82) is 0 Å². The average Bonchev–Trinajstić information content (AvgIpc) is 3.49. The summed E-state index contributed by atoms with van der Waals surface area (Å²) in [5.74, 6) is -0.181. The Morgan fingerprint density at radius 3 is 2.56 bits per heavy atom. The summed E-state index contributed by atoms with van der Waals surface area (Å²) in [5, 5.41) is 2.69. The molecule has 2 amide bonds. The van der Waals surface area contributed by atoms with Crippen LogP contribution in [0.15, 0.2) is 47.8 Å². The van der Waals surface area contributed by atoms with E-state index in [9.17, 15) is 9.59 Å². The van der Waals surface area contributed by atoms with Crippen molar-refractivity contribution in [2.75, 3.05) is 24.6 Å². The molecule has 11 nitrogen and oxygen atoms in total. The predicted molar refractivity (Wildman–Crippen MR) is 136 cm³/mol. The third-order valence-electron chi connectivity index (χ3n) is 6.62. The largest absolute Gasteiger partial charge is 0.382 e. The number of imidazole rings is 1. The molecule has 0 saturated carbocycles. The third-order valence-corrected chi connectivity index (χ3v) is 6.90. The summed E-state index contributed by atoms with van der Waals surface area (Å²) in [7, 11) is 0. The molecule has 4 heterocycles. The lowest BCUT2D eigenvalue weighted by molar-refractivity contribution is 0.0667. The van der Waals surface area contributed by atoms with Gasteiger partial charge in [0.1, 0.15) is 11.5 Å². The van der Waals surface area contributed by atoms with Crippen LogP contribution in [0.3, 0.4) is 0 Å². The number of piperidine rings is 1. The lowest BCUT2D eigenvalue weighted by Crippen LogP contribution is -2.45. The number of nitrogens with two attached hydrogens (primary N) is 2. The fourth-order valence-corrected chi connectivity index (χ4v) is 4.77. The molecule has 12 heteroatoms. The Morgan fingerprint density at radius 1 is 1.06 bits per heavy atom. The number of likely N-dealkylation sites (tertiary alicyclic amines) is 1. The molecule has 1 aromatic carbocycles. The van der Waals surface area contributed by atoms with Gasteiger partial charge in [-0.15, -0.1) is 0 Å². The number of hydrogen-bond donors (Lipinski definition) is 3. The number of nitrogens with one attached hydrogen (secondary N) is 1. The number of rotatable bonds is 4. The van der Waals surface area contributed by atoms with E-state index in [2.05, 4.69) is 20.3 Å². The maximum absolute atomic E-state index is 13.0. The van der Waals surface area contributed by atoms with Crippen molar-refractivity contribution in [3.05, 3.63) is 65.0 Å². The molecule has 0 radical (unpaired) electrons. The second-order valence-corrected chi connectivity index (χ2v) is 9.44. The Morgan fingerprint density at radius 2 is 1.81 bits per heavy atom. The molecule has 2 aliphatic heterocycles. The molecule has 36 heavy (non-hydrogen) atoms. The number of carbonyl (C=O) groups is 2. The van der Waals surface area contributed by atoms with E-state index in [1.54, 1.807) is 12.5 Å². The van der Waals surface area contributed by atoms with Crippen molar-refractivity contribution in [3.8, 4) is 0 Å². The van der Waals surface area contributed by atoms with Crippen LogP contribution in [-0.2, 0) is 6.54 Å². The number of hydrogen-bond acceptors (Lipinski definition) is 8. The van der Waals surface area contributed by atoms with E-state index in [1.165, 1.54) is 0 Å². The second kappa shape index (κ2) is 9.57. The minimum absolute atomic E-state index is 0.0351. The first-order chi connectivity index (χ1) is 17.3.